The molecule has 1 rings (SSSR count). The summed E-state index contributed by atoms with van der Waals surface area (Å²) in [6, 6.07) is -0.112. The summed E-state index contributed by atoms with van der Waals surface area (Å²) in [7, 11) is 0. The third kappa shape index (κ3) is 7.70. The van der Waals surface area contributed by atoms with Crippen molar-refractivity contribution in [2.24, 2.45) is 5.92 Å². The fraction of sp³-hybridized carbons (Fsp3) is 0.857. The Balaban J connectivity index is 2.07. The predicted octanol–water partition coefficient (Wildman–Crippen LogP) is 2.51. The van der Waals surface area contributed by atoms with Gasteiger partial charge in [0.05, 0.1) is 0 Å². The second-order valence-corrected chi connectivity index (χ2v) is 5.55. The number of urea groups is 1. The Morgan fingerprint density at radius 2 is 1.95 bits per heavy atom. The molecule has 0 heterocycles. The van der Waals surface area contributed by atoms with Crippen molar-refractivity contribution in [1.29, 1.82) is 0 Å². The van der Waals surface area contributed by atoms with E-state index in [1.54, 1.807) is 0 Å². The van der Waals surface area contributed by atoms with Gasteiger partial charge in [0.1, 0.15) is 0 Å². The van der Waals surface area contributed by atoms with Gasteiger partial charge in [-0.05, 0) is 38.5 Å². The lowest BCUT2D eigenvalue weighted by Gasteiger charge is -2.22. The Morgan fingerprint density at radius 3 is 2.58 bits per heavy atom. The van der Waals surface area contributed by atoms with E-state index in [9.17, 15) is 9.59 Å². The molecule has 1 saturated carbocycles. The average molecular weight is 270 g/mol. The van der Waals surface area contributed by atoms with Gasteiger partial charge < -0.3 is 15.7 Å². The fourth-order valence-corrected chi connectivity index (χ4v) is 2.53. The maximum Gasteiger partial charge on any atom is 0.315 e. The van der Waals surface area contributed by atoms with Gasteiger partial charge in [0.25, 0.3) is 0 Å². The number of carboxylic acids is 1. The molecule has 1 fully saturated rings. The van der Waals surface area contributed by atoms with Crippen LogP contribution in [0.3, 0.4) is 0 Å². The number of nitrogens with one attached hydrogen (secondary N) is 2. The molecule has 0 bridgehead atoms. The molecule has 5 heteroatoms. The van der Waals surface area contributed by atoms with Crippen molar-refractivity contribution >= 4 is 12.0 Å². The normalized spacial score (nSPS) is 17.7. The zero-order valence-electron chi connectivity index (χ0n) is 11.8. The molecule has 1 atom stereocenters. The first kappa shape index (κ1) is 15.8. The predicted molar refractivity (Wildman–Crippen MR) is 74.1 cm³/mol. The summed E-state index contributed by atoms with van der Waals surface area (Å²) >= 11 is 0. The number of carboxylic acid groups (broad SMARTS) is 1. The highest BCUT2D eigenvalue weighted by Crippen LogP contribution is 2.22. The van der Waals surface area contributed by atoms with Gasteiger partial charge in [0.15, 0.2) is 0 Å². The van der Waals surface area contributed by atoms with Crippen LogP contribution >= 0.6 is 0 Å². The molecule has 0 radical (unpaired) electrons. The first-order valence-electron chi connectivity index (χ1n) is 7.34. The molecule has 1 unspecified atom stereocenters. The molecule has 0 aromatic carbocycles. The van der Waals surface area contributed by atoms with Gasteiger partial charge in [0, 0.05) is 19.0 Å². The summed E-state index contributed by atoms with van der Waals surface area (Å²) in [5.41, 5.74) is 0. The van der Waals surface area contributed by atoms with Crippen molar-refractivity contribution in [2.75, 3.05) is 6.54 Å². The van der Waals surface area contributed by atoms with E-state index in [4.69, 9.17) is 5.11 Å². The monoisotopic (exact) mass is 270 g/mol. The molecule has 1 aliphatic carbocycles. The zero-order chi connectivity index (χ0) is 14.1. The largest absolute Gasteiger partial charge is 0.481 e. The molecule has 0 aliphatic heterocycles. The number of carbonyl (C=O) groups is 2. The lowest BCUT2D eigenvalue weighted by Crippen LogP contribution is -2.42. The van der Waals surface area contributed by atoms with Crippen LogP contribution in [0, 0.1) is 5.92 Å². The number of carbonyl (C=O) groups excluding carboxylic acids is 1. The van der Waals surface area contributed by atoms with Gasteiger partial charge >= 0.3 is 12.0 Å². The first-order valence-corrected chi connectivity index (χ1v) is 7.34. The highest BCUT2D eigenvalue weighted by atomic mass is 16.4. The van der Waals surface area contributed by atoms with Crippen molar-refractivity contribution in [3.63, 3.8) is 0 Å². The van der Waals surface area contributed by atoms with Crippen molar-refractivity contribution < 1.29 is 14.7 Å². The van der Waals surface area contributed by atoms with E-state index < -0.39 is 5.97 Å². The second-order valence-electron chi connectivity index (χ2n) is 5.55. The van der Waals surface area contributed by atoms with Crippen molar-refractivity contribution in [1.82, 2.24) is 10.6 Å². The third-order valence-corrected chi connectivity index (χ3v) is 3.68. The van der Waals surface area contributed by atoms with E-state index in [0.717, 1.165) is 6.54 Å². The molecule has 0 aromatic rings. The summed E-state index contributed by atoms with van der Waals surface area (Å²) in [4.78, 5) is 22.0. The number of hydrogen-bond donors (Lipinski definition) is 3. The molecule has 2 amide bonds. The highest BCUT2D eigenvalue weighted by molar-refractivity contribution is 5.74. The van der Waals surface area contributed by atoms with Gasteiger partial charge in [-0.2, -0.15) is 0 Å². The SMILES string of the molecule is CC(CCCC(=O)O)NC(=O)NCC1CCCCC1. The second kappa shape index (κ2) is 8.77. The molecule has 3 N–H and O–H groups in total. The number of hydrogen-bond acceptors (Lipinski definition) is 2. The minimum Gasteiger partial charge on any atom is -0.481 e. The Morgan fingerprint density at radius 1 is 1.26 bits per heavy atom. The molecule has 0 spiro atoms. The highest BCUT2D eigenvalue weighted by Gasteiger charge is 2.14. The van der Waals surface area contributed by atoms with Crippen LogP contribution < -0.4 is 10.6 Å². The first-order chi connectivity index (χ1) is 9.08. The molecule has 110 valence electrons. The molecule has 19 heavy (non-hydrogen) atoms. The van der Waals surface area contributed by atoms with Crippen LogP contribution in [0.5, 0.6) is 0 Å². The zero-order valence-corrected chi connectivity index (χ0v) is 11.8. The van der Waals surface area contributed by atoms with Crippen LogP contribution in [0.4, 0.5) is 4.79 Å². The summed E-state index contributed by atoms with van der Waals surface area (Å²) in [5, 5.41) is 14.3. The van der Waals surface area contributed by atoms with Crippen LogP contribution in [-0.2, 0) is 4.79 Å². The molecule has 1 aliphatic rings. The third-order valence-electron chi connectivity index (χ3n) is 3.68. The average Bonchev–Trinajstić information content (AvgIpc) is 2.37. The van der Waals surface area contributed by atoms with Gasteiger partial charge in [-0.15, -0.1) is 0 Å². The van der Waals surface area contributed by atoms with Crippen LogP contribution in [0.15, 0.2) is 0 Å². The van der Waals surface area contributed by atoms with Gasteiger partial charge in [-0.3, -0.25) is 4.79 Å². The lowest BCUT2D eigenvalue weighted by molar-refractivity contribution is -0.137. The summed E-state index contributed by atoms with van der Waals surface area (Å²) in [6.45, 7) is 2.66. The van der Waals surface area contributed by atoms with E-state index in [2.05, 4.69) is 10.6 Å². The molecule has 0 aromatic heterocycles. The van der Waals surface area contributed by atoms with Crippen molar-refractivity contribution in [3.05, 3.63) is 0 Å². The molecule has 5 nitrogen and oxygen atoms in total. The van der Waals surface area contributed by atoms with Gasteiger partial charge in [0.2, 0.25) is 0 Å². The summed E-state index contributed by atoms with van der Waals surface area (Å²) < 4.78 is 0. The number of rotatable bonds is 7. The van der Waals surface area contributed by atoms with Crippen LogP contribution in [0.2, 0.25) is 0 Å². The topological polar surface area (TPSA) is 78.4 Å². The maximum absolute atomic E-state index is 11.7. The smallest absolute Gasteiger partial charge is 0.315 e. The Bertz CT molecular complexity index is 288. The van der Waals surface area contributed by atoms with Crippen LogP contribution in [-0.4, -0.2) is 29.7 Å². The molecule has 0 saturated heterocycles. The fourth-order valence-electron chi connectivity index (χ4n) is 2.53. The Hall–Kier alpha value is -1.26. The van der Waals surface area contributed by atoms with E-state index in [1.165, 1.54) is 32.1 Å². The van der Waals surface area contributed by atoms with Crippen LogP contribution in [0.25, 0.3) is 0 Å². The van der Waals surface area contributed by atoms with Crippen molar-refractivity contribution in [3.8, 4) is 0 Å². The standard InChI is InChI=1S/C14H26N2O3/c1-11(6-5-9-13(17)18)16-14(19)15-10-12-7-3-2-4-8-12/h11-12H,2-10H2,1H3,(H,17,18)(H2,15,16,19). The minimum atomic E-state index is -0.783. The van der Waals surface area contributed by atoms with E-state index in [0.29, 0.717) is 18.8 Å². The maximum atomic E-state index is 11.7. The number of amides is 2. The minimum absolute atomic E-state index is 0.0192. The van der Waals surface area contributed by atoms with Crippen LogP contribution in [0.1, 0.15) is 58.3 Å². The quantitative estimate of drug-likeness (QED) is 0.665. The van der Waals surface area contributed by atoms with E-state index in [1.807, 2.05) is 6.92 Å². The Kier molecular flexibility index (Phi) is 7.30. The van der Waals surface area contributed by atoms with Crippen molar-refractivity contribution in [2.45, 2.75) is 64.3 Å². The van der Waals surface area contributed by atoms with E-state index in [-0.39, 0.29) is 18.5 Å². The van der Waals surface area contributed by atoms with Gasteiger partial charge in [-0.1, -0.05) is 19.3 Å². The Labute approximate surface area is 115 Å². The molecular weight excluding hydrogens is 244 g/mol. The van der Waals surface area contributed by atoms with E-state index >= 15 is 0 Å². The summed E-state index contributed by atoms with van der Waals surface area (Å²) in [6.07, 6.45) is 7.77. The number of aliphatic carboxylic acids is 1. The summed E-state index contributed by atoms with van der Waals surface area (Å²) in [5.74, 6) is -0.157. The van der Waals surface area contributed by atoms with Gasteiger partial charge in [-0.25, -0.2) is 4.79 Å². The lowest BCUT2D eigenvalue weighted by atomic mass is 9.89. The molecular formula is C14H26N2O3.